The Labute approximate surface area is 193 Å². The molecule has 2 unspecified atom stereocenters. The van der Waals surface area contributed by atoms with Gasteiger partial charge < -0.3 is 20.7 Å². The van der Waals surface area contributed by atoms with E-state index in [-0.39, 0.29) is 23.8 Å². The Balaban J connectivity index is 1.52. The van der Waals surface area contributed by atoms with Crippen molar-refractivity contribution in [2.24, 2.45) is 0 Å². The van der Waals surface area contributed by atoms with Crippen LogP contribution in [0, 0.1) is 0 Å². The molecule has 170 valence electrons. The molecule has 7 heteroatoms. The Bertz CT molecular complexity index is 1110. The smallest absolute Gasteiger partial charge is 0.323 e. The van der Waals surface area contributed by atoms with Crippen molar-refractivity contribution < 1.29 is 19.1 Å². The third-order valence-corrected chi connectivity index (χ3v) is 4.98. The van der Waals surface area contributed by atoms with E-state index < -0.39 is 6.10 Å². The molecule has 0 saturated heterocycles. The van der Waals surface area contributed by atoms with E-state index in [0.717, 1.165) is 5.56 Å². The van der Waals surface area contributed by atoms with Crippen LogP contribution in [0.3, 0.4) is 0 Å². The largest absolute Gasteiger partial charge is 0.481 e. The van der Waals surface area contributed by atoms with Gasteiger partial charge in [0.05, 0.1) is 6.04 Å². The fourth-order valence-corrected chi connectivity index (χ4v) is 3.13. The molecule has 3 aromatic rings. The third kappa shape index (κ3) is 6.93. The molecule has 0 saturated carbocycles. The highest BCUT2D eigenvalue weighted by Gasteiger charge is 2.18. The molecular weight excluding hydrogens is 418 g/mol. The second-order valence-corrected chi connectivity index (χ2v) is 7.64. The number of nitrogens with one attached hydrogen (secondary N) is 3. The number of carbonyl (C=O) groups excluding carboxylic acids is 3. The summed E-state index contributed by atoms with van der Waals surface area (Å²) >= 11 is 0. The monoisotopic (exact) mass is 445 g/mol. The van der Waals surface area contributed by atoms with Gasteiger partial charge in [-0.2, -0.15) is 0 Å². The van der Waals surface area contributed by atoms with Crippen LogP contribution >= 0.6 is 0 Å². The van der Waals surface area contributed by atoms with Crippen LogP contribution in [-0.2, 0) is 4.79 Å². The molecule has 3 N–H and O–H groups in total. The SMILES string of the molecule is CC(=O)c1cccc(OC(C)C(=O)NC(C)c2ccc(NC(=O)Nc3ccccc3)cc2)c1. The molecule has 0 spiro atoms. The number of rotatable bonds is 8. The summed E-state index contributed by atoms with van der Waals surface area (Å²) in [5, 5.41) is 8.45. The Morgan fingerprint density at radius 2 is 1.42 bits per heavy atom. The average molecular weight is 446 g/mol. The van der Waals surface area contributed by atoms with Crippen molar-refractivity contribution >= 4 is 29.1 Å². The number of carbonyl (C=O) groups is 3. The van der Waals surface area contributed by atoms with Crippen molar-refractivity contribution in [2.75, 3.05) is 10.6 Å². The first-order valence-corrected chi connectivity index (χ1v) is 10.6. The van der Waals surface area contributed by atoms with Gasteiger partial charge in [0.1, 0.15) is 5.75 Å². The zero-order valence-corrected chi connectivity index (χ0v) is 18.8. The normalized spacial score (nSPS) is 12.2. The van der Waals surface area contributed by atoms with E-state index >= 15 is 0 Å². The predicted octanol–water partition coefficient (Wildman–Crippen LogP) is 5.18. The van der Waals surface area contributed by atoms with Crippen molar-refractivity contribution in [1.29, 1.82) is 0 Å². The summed E-state index contributed by atoms with van der Waals surface area (Å²) in [6, 6.07) is 22.5. The van der Waals surface area contributed by atoms with Crippen molar-refractivity contribution in [3.05, 3.63) is 90.0 Å². The minimum atomic E-state index is -0.739. The maximum absolute atomic E-state index is 12.6. The van der Waals surface area contributed by atoms with Crippen LogP contribution in [0.2, 0.25) is 0 Å². The standard InChI is InChI=1S/C26H27N3O4/c1-17(27-25(31)19(3)33-24-11-7-8-21(16-24)18(2)30)20-12-14-23(15-13-20)29-26(32)28-22-9-5-4-6-10-22/h4-17,19H,1-3H3,(H,27,31)(H2,28,29,32). The molecule has 0 radical (unpaired) electrons. The fraction of sp³-hybridized carbons (Fsp3) is 0.192. The van der Waals surface area contributed by atoms with E-state index in [1.54, 1.807) is 55.5 Å². The second kappa shape index (κ2) is 10.9. The van der Waals surface area contributed by atoms with Crippen LogP contribution in [0.4, 0.5) is 16.2 Å². The van der Waals surface area contributed by atoms with Gasteiger partial charge in [-0.15, -0.1) is 0 Å². The van der Waals surface area contributed by atoms with E-state index in [0.29, 0.717) is 22.7 Å². The van der Waals surface area contributed by atoms with E-state index in [2.05, 4.69) is 16.0 Å². The number of ketones is 1. The molecule has 7 nitrogen and oxygen atoms in total. The molecular formula is C26H27N3O4. The maximum Gasteiger partial charge on any atom is 0.323 e. The molecule has 2 atom stereocenters. The molecule has 33 heavy (non-hydrogen) atoms. The molecule has 0 heterocycles. The molecule has 0 aliphatic heterocycles. The number of para-hydroxylation sites is 1. The maximum atomic E-state index is 12.6. The molecule has 0 bridgehead atoms. The summed E-state index contributed by atoms with van der Waals surface area (Å²) in [5.74, 6) is 0.115. The predicted molar refractivity (Wildman–Crippen MR) is 129 cm³/mol. The van der Waals surface area contributed by atoms with Crippen LogP contribution in [-0.4, -0.2) is 23.8 Å². The van der Waals surface area contributed by atoms with Gasteiger partial charge in [0.15, 0.2) is 11.9 Å². The highest BCUT2D eigenvalue weighted by Crippen LogP contribution is 2.18. The van der Waals surface area contributed by atoms with Gasteiger partial charge in [0.25, 0.3) is 5.91 Å². The molecule has 0 aliphatic rings. The lowest BCUT2D eigenvalue weighted by atomic mass is 10.1. The summed E-state index contributed by atoms with van der Waals surface area (Å²) in [6.45, 7) is 5.00. The van der Waals surface area contributed by atoms with Crippen LogP contribution in [0.15, 0.2) is 78.9 Å². The molecule has 0 aromatic heterocycles. The van der Waals surface area contributed by atoms with Gasteiger partial charge in [-0.3, -0.25) is 9.59 Å². The first-order valence-electron chi connectivity index (χ1n) is 10.6. The van der Waals surface area contributed by atoms with Crippen molar-refractivity contribution in [1.82, 2.24) is 5.32 Å². The fourth-order valence-electron chi connectivity index (χ4n) is 3.13. The highest BCUT2D eigenvalue weighted by molar-refractivity contribution is 5.99. The second-order valence-electron chi connectivity index (χ2n) is 7.64. The first-order chi connectivity index (χ1) is 15.8. The lowest BCUT2D eigenvalue weighted by molar-refractivity contribution is -0.127. The number of ether oxygens (including phenoxy) is 1. The number of amides is 3. The number of benzene rings is 3. The Hall–Kier alpha value is -4.13. The third-order valence-electron chi connectivity index (χ3n) is 4.98. The molecule has 3 rings (SSSR count). The average Bonchev–Trinajstić information content (AvgIpc) is 2.80. The quantitative estimate of drug-likeness (QED) is 0.416. The number of anilines is 2. The van der Waals surface area contributed by atoms with Gasteiger partial charge >= 0.3 is 6.03 Å². The number of Topliss-reactive ketones (excluding diaryl/α,β-unsaturated/α-hetero) is 1. The van der Waals surface area contributed by atoms with Gasteiger partial charge in [-0.25, -0.2) is 4.79 Å². The number of urea groups is 1. The molecule has 0 aliphatic carbocycles. The van der Waals surface area contributed by atoms with Crippen LogP contribution in [0.5, 0.6) is 5.75 Å². The molecule has 0 fully saturated rings. The Morgan fingerprint density at radius 3 is 2.06 bits per heavy atom. The van der Waals surface area contributed by atoms with Gasteiger partial charge in [-0.05, 0) is 62.7 Å². The summed E-state index contributed by atoms with van der Waals surface area (Å²) in [4.78, 5) is 36.2. The topological polar surface area (TPSA) is 96.5 Å². The van der Waals surface area contributed by atoms with Crippen LogP contribution in [0.1, 0.15) is 42.7 Å². The van der Waals surface area contributed by atoms with Crippen LogP contribution in [0.25, 0.3) is 0 Å². The summed E-state index contributed by atoms with van der Waals surface area (Å²) in [6.07, 6.45) is -0.739. The molecule has 3 aromatic carbocycles. The number of hydrogen-bond acceptors (Lipinski definition) is 4. The van der Waals surface area contributed by atoms with E-state index in [9.17, 15) is 14.4 Å². The lowest BCUT2D eigenvalue weighted by Crippen LogP contribution is -2.37. The number of hydrogen-bond donors (Lipinski definition) is 3. The van der Waals surface area contributed by atoms with E-state index in [1.165, 1.54) is 6.92 Å². The van der Waals surface area contributed by atoms with Gasteiger partial charge in [0.2, 0.25) is 0 Å². The zero-order chi connectivity index (χ0) is 23.8. The van der Waals surface area contributed by atoms with E-state index in [1.807, 2.05) is 37.3 Å². The Kier molecular flexibility index (Phi) is 7.81. The summed E-state index contributed by atoms with van der Waals surface area (Å²) < 4.78 is 5.70. The zero-order valence-electron chi connectivity index (χ0n) is 18.8. The Morgan fingerprint density at radius 1 is 0.788 bits per heavy atom. The lowest BCUT2D eigenvalue weighted by Gasteiger charge is -2.19. The van der Waals surface area contributed by atoms with Crippen molar-refractivity contribution in [2.45, 2.75) is 32.9 Å². The molecule has 3 amide bonds. The van der Waals surface area contributed by atoms with E-state index in [4.69, 9.17) is 4.74 Å². The van der Waals surface area contributed by atoms with Crippen molar-refractivity contribution in [3.8, 4) is 5.75 Å². The van der Waals surface area contributed by atoms with Gasteiger partial charge in [-0.1, -0.05) is 42.5 Å². The summed E-state index contributed by atoms with van der Waals surface area (Å²) in [5.41, 5.74) is 2.74. The first kappa shape index (κ1) is 23.5. The summed E-state index contributed by atoms with van der Waals surface area (Å²) in [7, 11) is 0. The minimum Gasteiger partial charge on any atom is -0.481 e. The minimum absolute atomic E-state index is 0.0679. The van der Waals surface area contributed by atoms with Gasteiger partial charge in [0, 0.05) is 16.9 Å². The van der Waals surface area contributed by atoms with Crippen molar-refractivity contribution in [3.63, 3.8) is 0 Å². The van der Waals surface area contributed by atoms with Crippen LogP contribution < -0.4 is 20.7 Å². The highest BCUT2D eigenvalue weighted by atomic mass is 16.5.